The van der Waals surface area contributed by atoms with Crippen molar-refractivity contribution in [1.29, 1.82) is 0 Å². The molecule has 1 aliphatic rings. The lowest BCUT2D eigenvalue weighted by Gasteiger charge is -2.24. The maximum absolute atomic E-state index is 13.2. The van der Waals surface area contributed by atoms with E-state index in [0.29, 0.717) is 35.8 Å². The predicted molar refractivity (Wildman–Crippen MR) is 132 cm³/mol. The number of rotatable bonds is 7. The van der Waals surface area contributed by atoms with Crippen molar-refractivity contribution >= 4 is 39.3 Å². The van der Waals surface area contributed by atoms with Gasteiger partial charge in [-0.1, -0.05) is 36.4 Å². The topological polar surface area (TPSA) is 81.8 Å². The van der Waals surface area contributed by atoms with Crippen molar-refractivity contribution in [2.45, 2.75) is 37.8 Å². The average molecular weight is 475 g/mol. The van der Waals surface area contributed by atoms with Crippen LogP contribution < -0.4 is 14.9 Å². The molecule has 0 saturated carbocycles. The van der Waals surface area contributed by atoms with E-state index >= 15 is 0 Å². The molecular weight excluding hydrogens is 444 g/mol. The van der Waals surface area contributed by atoms with E-state index in [0.717, 1.165) is 5.56 Å². The minimum absolute atomic E-state index is 0.0794. The first-order valence-corrected chi connectivity index (χ1v) is 12.3. The third-order valence-corrected chi connectivity index (χ3v) is 7.04. The summed E-state index contributed by atoms with van der Waals surface area (Å²) in [4.78, 5) is 17.0. The zero-order chi connectivity index (χ0) is 23.5. The Hall–Kier alpha value is -2.49. The van der Waals surface area contributed by atoms with Crippen LogP contribution in [0, 0.1) is 0 Å². The Morgan fingerprint density at radius 1 is 1.12 bits per heavy atom. The molecule has 0 bridgehead atoms. The number of carbonyl (C=O) groups is 1. The molecule has 0 aliphatic carbocycles. The summed E-state index contributed by atoms with van der Waals surface area (Å²) < 4.78 is 29.1. The minimum Gasteiger partial charge on any atom is -0.393 e. The highest BCUT2D eigenvalue weighted by molar-refractivity contribution is 7.91. The van der Waals surface area contributed by atoms with Crippen LogP contribution in [0.4, 0.5) is 10.5 Å². The number of hydrogen-bond acceptors (Lipinski definition) is 5. The first-order chi connectivity index (χ1) is 15.0. The molecule has 1 heterocycles. The van der Waals surface area contributed by atoms with Crippen LogP contribution in [0.15, 0.2) is 59.6 Å². The highest BCUT2D eigenvalue weighted by atomic mass is 32.2. The number of hydrogen-bond donors (Lipinski definition) is 3. The summed E-state index contributed by atoms with van der Waals surface area (Å²) in [6.07, 6.45) is 1.62. The zero-order valence-corrected chi connectivity index (χ0v) is 20.5. The van der Waals surface area contributed by atoms with Gasteiger partial charge in [-0.3, -0.25) is 4.90 Å². The van der Waals surface area contributed by atoms with Gasteiger partial charge in [-0.2, -0.15) is 0 Å². The van der Waals surface area contributed by atoms with Crippen LogP contribution in [0.25, 0.3) is 4.91 Å². The Labute approximate surface area is 196 Å². The number of nitrogens with one attached hydrogen (secondary N) is 2. The summed E-state index contributed by atoms with van der Waals surface area (Å²) in [5, 5.41) is 2.87. The first-order valence-electron chi connectivity index (χ1n) is 10.4. The van der Waals surface area contributed by atoms with Crippen molar-refractivity contribution < 1.29 is 13.2 Å². The Kier molecular flexibility index (Phi) is 7.22. The largest absolute Gasteiger partial charge is 0.393 e. The van der Waals surface area contributed by atoms with Gasteiger partial charge in [0.25, 0.3) is 0 Å². The molecule has 2 amide bonds. The Balaban J connectivity index is 1.96. The Morgan fingerprint density at radius 3 is 2.44 bits per heavy atom. The van der Waals surface area contributed by atoms with Crippen LogP contribution in [0.5, 0.6) is 0 Å². The van der Waals surface area contributed by atoms with Gasteiger partial charge in [0.2, 0.25) is 10.0 Å². The van der Waals surface area contributed by atoms with Gasteiger partial charge in [0.05, 0.1) is 4.90 Å². The van der Waals surface area contributed by atoms with E-state index in [9.17, 15) is 13.2 Å². The second-order valence-electron chi connectivity index (χ2n) is 8.70. The maximum atomic E-state index is 13.2. The summed E-state index contributed by atoms with van der Waals surface area (Å²) in [5.74, 6) is 0. The molecule has 0 unspecified atom stereocenters. The van der Waals surface area contributed by atoms with Gasteiger partial charge in [0, 0.05) is 54.6 Å². The number of thiol groups is 1. The first kappa shape index (κ1) is 24.2. The summed E-state index contributed by atoms with van der Waals surface area (Å²) >= 11 is 4.46. The molecule has 0 radical (unpaired) electrons. The second kappa shape index (κ2) is 9.56. The van der Waals surface area contributed by atoms with E-state index < -0.39 is 15.6 Å². The maximum Gasteiger partial charge on any atom is 0.324 e. The number of carbonyl (C=O) groups excluding carboxylic acids is 1. The number of urea groups is 1. The fourth-order valence-electron chi connectivity index (χ4n) is 3.56. The fourth-order valence-corrected chi connectivity index (χ4v) is 5.62. The van der Waals surface area contributed by atoms with Crippen molar-refractivity contribution in [3.05, 3.63) is 65.9 Å². The molecule has 0 spiro atoms. The number of amides is 2. The van der Waals surface area contributed by atoms with E-state index in [4.69, 9.17) is 0 Å². The average Bonchev–Trinajstić information content (AvgIpc) is 3.07. The standard InChI is InChI=1S/C23H30N4O3S2/c1-23(2,3)25-32(29,30)21-14-18(10-11-19(21)20(31)15-24-4)27-13-12-26(22(27)28)16-17-8-6-5-7-9-17/h5-11,14-15,24-25,31H,12-13,16H2,1-4H3/b20-15-. The van der Waals surface area contributed by atoms with Gasteiger partial charge in [-0.05, 0) is 38.5 Å². The molecule has 2 aromatic rings. The summed E-state index contributed by atoms with van der Waals surface area (Å²) in [7, 11) is -2.14. The van der Waals surface area contributed by atoms with Crippen molar-refractivity contribution in [2.24, 2.45) is 0 Å². The highest BCUT2D eigenvalue weighted by Gasteiger charge is 2.32. The van der Waals surface area contributed by atoms with Gasteiger partial charge in [0.15, 0.2) is 0 Å². The highest BCUT2D eigenvalue weighted by Crippen LogP contribution is 2.32. The fraction of sp³-hybridized carbons (Fsp3) is 0.348. The molecule has 0 aromatic heterocycles. The number of anilines is 1. The van der Waals surface area contributed by atoms with Gasteiger partial charge in [-0.25, -0.2) is 17.9 Å². The SMILES string of the molecule is CN/C=C(\S)c1ccc(N2CCN(Cc3ccccc3)C2=O)cc1S(=O)(=O)NC(C)(C)C. The molecule has 32 heavy (non-hydrogen) atoms. The molecule has 3 rings (SSSR count). The van der Waals surface area contributed by atoms with Crippen LogP contribution in [0.3, 0.4) is 0 Å². The molecular formula is C23H30N4O3S2. The van der Waals surface area contributed by atoms with E-state index in [-0.39, 0.29) is 10.9 Å². The van der Waals surface area contributed by atoms with E-state index in [1.54, 1.807) is 62.0 Å². The van der Waals surface area contributed by atoms with Crippen LogP contribution in [0.1, 0.15) is 31.9 Å². The number of benzene rings is 2. The summed E-state index contributed by atoms with van der Waals surface area (Å²) in [5.41, 5.74) is 1.38. The van der Waals surface area contributed by atoms with Gasteiger partial charge in [-0.15, -0.1) is 12.6 Å². The lowest BCUT2D eigenvalue weighted by molar-refractivity contribution is 0.219. The number of sulfonamides is 1. The molecule has 0 atom stereocenters. The molecule has 172 valence electrons. The van der Waals surface area contributed by atoms with Gasteiger partial charge < -0.3 is 10.2 Å². The monoisotopic (exact) mass is 474 g/mol. The van der Waals surface area contributed by atoms with Crippen LogP contribution in [0.2, 0.25) is 0 Å². The van der Waals surface area contributed by atoms with E-state index in [2.05, 4.69) is 22.7 Å². The predicted octanol–water partition coefficient (Wildman–Crippen LogP) is 3.65. The third kappa shape index (κ3) is 5.65. The quantitative estimate of drug-likeness (QED) is 0.535. The lowest BCUT2D eigenvalue weighted by Crippen LogP contribution is -2.41. The third-order valence-electron chi connectivity index (χ3n) is 4.88. The molecule has 7 nitrogen and oxygen atoms in total. The smallest absolute Gasteiger partial charge is 0.324 e. The van der Waals surface area contributed by atoms with Crippen molar-refractivity contribution in [1.82, 2.24) is 14.9 Å². The van der Waals surface area contributed by atoms with Crippen LogP contribution >= 0.6 is 12.6 Å². The van der Waals surface area contributed by atoms with E-state index in [1.807, 2.05) is 30.3 Å². The summed E-state index contributed by atoms with van der Waals surface area (Å²) in [6.45, 7) is 6.91. The molecule has 2 aromatic carbocycles. The molecule has 1 fully saturated rings. The number of nitrogens with zero attached hydrogens (tertiary/aromatic N) is 2. The lowest BCUT2D eigenvalue weighted by atomic mass is 10.1. The second-order valence-corrected chi connectivity index (χ2v) is 10.8. The molecule has 1 saturated heterocycles. The molecule has 1 aliphatic heterocycles. The van der Waals surface area contributed by atoms with Gasteiger partial charge >= 0.3 is 6.03 Å². The van der Waals surface area contributed by atoms with Crippen LogP contribution in [-0.4, -0.2) is 45.0 Å². The van der Waals surface area contributed by atoms with Crippen LogP contribution in [-0.2, 0) is 16.6 Å². The normalized spacial score (nSPS) is 15.4. The van der Waals surface area contributed by atoms with Crippen molar-refractivity contribution in [3.63, 3.8) is 0 Å². The molecule has 2 N–H and O–H groups in total. The molecule has 9 heteroatoms. The Bertz CT molecular complexity index is 1110. The Morgan fingerprint density at radius 2 is 1.81 bits per heavy atom. The van der Waals surface area contributed by atoms with Gasteiger partial charge in [0.1, 0.15) is 0 Å². The van der Waals surface area contributed by atoms with Crippen molar-refractivity contribution in [3.8, 4) is 0 Å². The zero-order valence-electron chi connectivity index (χ0n) is 18.8. The minimum atomic E-state index is -3.86. The summed E-state index contributed by atoms with van der Waals surface area (Å²) in [6, 6.07) is 14.6. The van der Waals surface area contributed by atoms with Crippen molar-refractivity contribution in [2.75, 3.05) is 25.0 Å². The van der Waals surface area contributed by atoms with E-state index in [1.165, 1.54) is 0 Å².